The van der Waals surface area contributed by atoms with E-state index in [9.17, 15) is 4.39 Å². The van der Waals surface area contributed by atoms with Gasteiger partial charge in [-0.1, -0.05) is 18.2 Å². The van der Waals surface area contributed by atoms with Crippen molar-refractivity contribution in [2.45, 2.75) is 13.0 Å². The first-order valence-corrected chi connectivity index (χ1v) is 7.17. The van der Waals surface area contributed by atoms with Crippen LogP contribution in [0.25, 0.3) is 0 Å². The number of carbonyl (C=O) groups is 2. The Bertz CT molecular complexity index is 653. The number of rotatable bonds is 5. The summed E-state index contributed by atoms with van der Waals surface area (Å²) in [5, 5.41) is 14.8. The number of carboxylic acids is 2. The number of hydrogen-bond acceptors (Lipinski definition) is 4. The molecule has 0 aliphatic rings. The van der Waals surface area contributed by atoms with Crippen LogP contribution in [0.1, 0.15) is 11.3 Å². The van der Waals surface area contributed by atoms with Crippen LogP contribution in [0.15, 0.2) is 48.7 Å². The topological polar surface area (TPSA) is 90.7 Å². The number of carboxylic acid groups (broad SMARTS) is 2. The summed E-state index contributed by atoms with van der Waals surface area (Å²) in [5.74, 6) is -3.82. The molecular weight excluding hydrogens is 315 g/mol. The predicted octanol–water partition coefficient (Wildman–Crippen LogP) is 2.05. The molecule has 2 N–H and O–H groups in total. The molecule has 2 aromatic rings. The molecule has 1 aromatic heterocycles. The third-order valence-electron chi connectivity index (χ3n) is 3.00. The molecule has 0 saturated carbocycles. The summed E-state index contributed by atoms with van der Waals surface area (Å²) in [4.78, 5) is 24.7. The van der Waals surface area contributed by atoms with Crippen molar-refractivity contribution in [2.24, 2.45) is 0 Å². The normalized spacial score (nSPS) is 9.96. The third-order valence-corrected chi connectivity index (χ3v) is 3.00. The second-order valence-corrected chi connectivity index (χ2v) is 5.05. The minimum absolute atomic E-state index is 0.175. The van der Waals surface area contributed by atoms with Crippen molar-refractivity contribution in [2.75, 3.05) is 13.6 Å². The monoisotopic (exact) mass is 334 g/mol. The van der Waals surface area contributed by atoms with Gasteiger partial charge in [0.05, 0.1) is 0 Å². The molecule has 0 aliphatic carbocycles. The van der Waals surface area contributed by atoms with Gasteiger partial charge < -0.3 is 15.1 Å². The lowest BCUT2D eigenvalue weighted by Gasteiger charge is -2.16. The van der Waals surface area contributed by atoms with E-state index in [1.807, 2.05) is 37.5 Å². The summed E-state index contributed by atoms with van der Waals surface area (Å²) >= 11 is 0. The van der Waals surface area contributed by atoms with Gasteiger partial charge in [-0.25, -0.2) is 14.0 Å². The van der Waals surface area contributed by atoms with Gasteiger partial charge in [0.25, 0.3) is 0 Å². The van der Waals surface area contributed by atoms with E-state index in [-0.39, 0.29) is 5.82 Å². The average Bonchev–Trinajstić information content (AvgIpc) is 2.54. The Labute approximate surface area is 139 Å². The number of benzene rings is 1. The van der Waals surface area contributed by atoms with Crippen LogP contribution in [-0.2, 0) is 22.6 Å². The van der Waals surface area contributed by atoms with Crippen LogP contribution < -0.4 is 0 Å². The van der Waals surface area contributed by atoms with Gasteiger partial charge in [0.15, 0.2) is 0 Å². The Morgan fingerprint density at radius 3 is 2.38 bits per heavy atom. The zero-order valence-electron chi connectivity index (χ0n) is 13.2. The molecule has 0 saturated heterocycles. The van der Waals surface area contributed by atoms with Crippen molar-refractivity contribution in [1.29, 1.82) is 0 Å². The fraction of sp³-hybridized carbons (Fsp3) is 0.235. The Hall–Kier alpha value is -2.80. The Morgan fingerprint density at radius 1 is 1.12 bits per heavy atom. The first-order chi connectivity index (χ1) is 11.4. The molecule has 7 heteroatoms. The number of halogens is 1. The average molecular weight is 334 g/mol. The molecule has 0 aliphatic heterocycles. The highest BCUT2D eigenvalue weighted by Gasteiger charge is 2.04. The van der Waals surface area contributed by atoms with Gasteiger partial charge in [-0.05, 0) is 36.9 Å². The van der Waals surface area contributed by atoms with Gasteiger partial charge >= 0.3 is 11.9 Å². The Morgan fingerprint density at radius 2 is 1.83 bits per heavy atom. The van der Waals surface area contributed by atoms with Crippen LogP contribution in [0.4, 0.5) is 4.39 Å². The zero-order valence-corrected chi connectivity index (χ0v) is 13.2. The van der Waals surface area contributed by atoms with Gasteiger partial charge in [-0.3, -0.25) is 4.98 Å². The summed E-state index contributed by atoms with van der Waals surface area (Å²) in [6, 6.07) is 12.7. The maximum atomic E-state index is 13.0. The minimum atomic E-state index is -1.82. The largest absolute Gasteiger partial charge is 0.473 e. The summed E-state index contributed by atoms with van der Waals surface area (Å²) in [5.41, 5.74) is 2.09. The molecule has 0 atom stereocenters. The number of hydrogen-bond donors (Lipinski definition) is 2. The summed E-state index contributed by atoms with van der Waals surface area (Å²) < 4.78 is 13.0. The van der Waals surface area contributed by atoms with E-state index in [4.69, 9.17) is 19.8 Å². The molecule has 1 heterocycles. The smallest absolute Gasteiger partial charge is 0.414 e. The van der Waals surface area contributed by atoms with Crippen LogP contribution in [0.3, 0.4) is 0 Å². The summed E-state index contributed by atoms with van der Waals surface area (Å²) in [6.45, 7) is 1.66. The highest BCUT2D eigenvalue weighted by Crippen LogP contribution is 2.06. The third kappa shape index (κ3) is 8.00. The van der Waals surface area contributed by atoms with Crippen LogP contribution in [0.5, 0.6) is 0 Å². The molecule has 0 amide bonds. The molecule has 24 heavy (non-hydrogen) atoms. The van der Waals surface area contributed by atoms with Crippen LogP contribution in [-0.4, -0.2) is 45.6 Å². The first-order valence-electron chi connectivity index (χ1n) is 7.17. The SMILES string of the molecule is CN(CCc1ccccn1)Cc1cccc(F)c1.O=C(O)C(=O)O. The van der Waals surface area contributed by atoms with Crippen molar-refractivity contribution in [3.05, 3.63) is 65.7 Å². The standard InChI is InChI=1S/C15H17FN2.C2H2O4/c1-18(10-8-15-7-2-3-9-17-15)12-13-5-4-6-14(16)11-13;3-1(4)2(5)6/h2-7,9,11H,8,10,12H2,1H3;(H,3,4)(H,5,6). The maximum Gasteiger partial charge on any atom is 0.414 e. The van der Waals surface area contributed by atoms with Gasteiger partial charge in [0.2, 0.25) is 0 Å². The molecule has 0 spiro atoms. The number of aliphatic carboxylic acids is 2. The van der Waals surface area contributed by atoms with Crippen LogP contribution in [0, 0.1) is 5.82 Å². The van der Waals surface area contributed by atoms with Gasteiger partial charge in [0.1, 0.15) is 5.82 Å². The molecule has 128 valence electrons. The van der Waals surface area contributed by atoms with Crippen molar-refractivity contribution >= 4 is 11.9 Å². The van der Waals surface area contributed by atoms with Crippen molar-refractivity contribution in [3.63, 3.8) is 0 Å². The number of aromatic nitrogens is 1. The minimum Gasteiger partial charge on any atom is -0.473 e. The second kappa shape index (κ2) is 10.1. The highest BCUT2D eigenvalue weighted by molar-refractivity contribution is 6.27. The summed E-state index contributed by atoms with van der Waals surface area (Å²) in [7, 11) is 2.04. The number of likely N-dealkylation sites (N-methyl/N-ethyl adjacent to an activating group) is 1. The van der Waals surface area contributed by atoms with Crippen LogP contribution >= 0.6 is 0 Å². The quantitative estimate of drug-likeness (QED) is 0.813. The van der Waals surface area contributed by atoms with E-state index in [0.717, 1.165) is 30.8 Å². The van der Waals surface area contributed by atoms with Crippen LogP contribution in [0.2, 0.25) is 0 Å². The van der Waals surface area contributed by atoms with E-state index in [2.05, 4.69) is 9.88 Å². The molecular formula is C17H19FN2O4. The Balaban J connectivity index is 0.000000413. The van der Waals surface area contributed by atoms with E-state index in [1.165, 1.54) is 6.07 Å². The molecule has 0 fully saturated rings. The van der Waals surface area contributed by atoms with E-state index >= 15 is 0 Å². The highest BCUT2D eigenvalue weighted by atomic mass is 19.1. The first kappa shape index (κ1) is 19.2. The van der Waals surface area contributed by atoms with Crippen molar-refractivity contribution in [1.82, 2.24) is 9.88 Å². The summed E-state index contributed by atoms with van der Waals surface area (Å²) in [6.07, 6.45) is 2.72. The number of pyridine rings is 1. The number of nitrogens with zero attached hydrogens (tertiary/aromatic N) is 2. The molecule has 1 aromatic carbocycles. The second-order valence-electron chi connectivity index (χ2n) is 5.05. The predicted molar refractivity (Wildman–Crippen MR) is 85.9 cm³/mol. The van der Waals surface area contributed by atoms with Gasteiger partial charge in [0, 0.05) is 31.4 Å². The molecule has 6 nitrogen and oxygen atoms in total. The van der Waals surface area contributed by atoms with Crippen molar-refractivity contribution in [3.8, 4) is 0 Å². The lowest BCUT2D eigenvalue weighted by molar-refractivity contribution is -0.159. The fourth-order valence-electron chi connectivity index (χ4n) is 1.88. The zero-order chi connectivity index (χ0) is 17.9. The fourth-order valence-corrected chi connectivity index (χ4v) is 1.88. The molecule has 0 radical (unpaired) electrons. The van der Waals surface area contributed by atoms with Gasteiger partial charge in [-0.15, -0.1) is 0 Å². The molecule has 0 unspecified atom stereocenters. The van der Waals surface area contributed by atoms with E-state index in [0.29, 0.717) is 0 Å². The lowest BCUT2D eigenvalue weighted by Crippen LogP contribution is -2.21. The van der Waals surface area contributed by atoms with Gasteiger partial charge in [-0.2, -0.15) is 0 Å². The van der Waals surface area contributed by atoms with E-state index < -0.39 is 11.9 Å². The van der Waals surface area contributed by atoms with E-state index in [1.54, 1.807) is 12.1 Å². The lowest BCUT2D eigenvalue weighted by atomic mass is 10.2. The van der Waals surface area contributed by atoms with Crippen molar-refractivity contribution < 1.29 is 24.2 Å². The maximum absolute atomic E-state index is 13.0. The molecule has 2 rings (SSSR count). The molecule has 0 bridgehead atoms. The Kier molecular flexibility index (Phi) is 8.07.